The quantitative estimate of drug-likeness (QED) is 0.729. The van der Waals surface area contributed by atoms with E-state index >= 15 is 0 Å². The second kappa shape index (κ2) is 6.11. The van der Waals surface area contributed by atoms with Gasteiger partial charge in [-0.25, -0.2) is 8.42 Å². The number of sulfone groups is 1. The van der Waals surface area contributed by atoms with Crippen molar-refractivity contribution in [3.05, 3.63) is 0 Å². The lowest BCUT2D eigenvalue weighted by Gasteiger charge is -2.19. The summed E-state index contributed by atoms with van der Waals surface area (Å²) in [6.07, 6.45) is 0. The largest absolute Gasteiger partial charge is 0.330 e. The third-order valence-electron chi connectivity index (χ3n) is 2.23. The van der Waals surface area contributed by atoms with E-state index in [9.17, 15) is 8.42 Å². The lowest BCUT2D eigenvalue weighted by molar-refractivity contribution is 0.562. The summed E-state index contributed by atoms with van der Waals surface area (Å²) >= 11 is 1.67. The fourth-order valence-corrected chi connectivity index (χ4v) is 3.49. The number of hydrogen-bond donors (Lipinski definition) is 1. The van der Waals surface area contributed by atoms with E-state index in [4.69, 9.17) is 5.73 Å². The molecule has 0 aliphatic heterocycles. The number of rotatable bonds is 6. The first-order chi connectivity index (χ1) is 6.70. The van der Waals surface area contributed by atoms with Gasteiger partial charge < -0.3 is 5.73 Å². The number of hydrogen-bond acceptors (Lipinski definition) is 4. The molecule has 0 aliphatic rings. The van der Waals surface area contributed by atoms with E-state index in [-0.39, 0.29) is 5.75 Å². The van der Waals surface area contributed by atoms with Crippen molar-refractivity contribution in [3.8, 4) is 0 Å². The Balaban J connectivity index is 3.88. The fraction of sp³-hybridized carbons (Fsp3) is 1.00. The summed E-state index contributed by atoms with van der Waals surface area (Å²) in [5.74, 6) is 2.34. The first kappa shape index (κ1) is 15.3. The van der Waals surface area contributed by atoms with Crippen LogP contribution in [0.1, 0.15) is 27.7 Å². The Bertz CT molecular complexity index is 268. The summed E-state index contributed by atoms with van der Waals surface area (Å²) in [5.41, 5.74) is 5.48. The SMILES string of the molecule is CC(CN)CSCCS(=O)(=O)C(C)(C)C. The van der Waals surface area contributed by atoms with Crippen LogP contribution in [-0.2, 0) is 9.84 Å². The Labute approximate surface area is 98.1 Å². The molecule has 0 aromatic carbocycles. The van der Waals surface area contributed by atoms with Crippen LogP contribution in [0.15, 0.2) is 0 Å². The van der Waals surface area contributed by atoms with Gasteiger partial charge in [-0.2, -0.15) is 11.8 Å². The third kappa shape index (κ3) is 5.78. The van der Waals surface area contributed by atoms with Crippen LogP contribution in [0.5, 0.6) is 0 Å². The van der Waals surface area contributed by atoms with E-state index in [1.54, 1.807) is 32.5 Å². The molecular weight excluding hydrogens is 230 g/mol. The second-order valence-electron chi connectivity index (χ2n) is 4.85. The van der Waals surface area contributed by atoms with Crippen molar-refractivity contribution >= 4 is 21.6 Å². The van der Waals surface area contributed by atoms with E-state index in [0.717, 1.165) is 5.75 Å². The van der Waals surface area contributed by atoms with Crippen LogP contribution >= 0.6 is 11.8 Å². The summed E-state index contributed by atoms with van der Waals surface area (Å²) < 4.78 is 22.8. The van der Waals surface area contributed by atoms with Crippen molar-refractivity contribution < 1.29 is 8.42 Å². The molecule has 0 saturated heterocycles. The highest BCUT2D eigenvalue weighted by Gasteiger charge is 2.28. The van der Waals surface area contributed by atoms with Crippen molar-refractivity contribution in [3.63, 3.8) is 0 Å². The van der Waals surface area contributed by atoms with Crippen LogP contribution < -0.4 is 5.73 Å². The van der Waals surface area contributed by atoms with Crippen molar-refractivity contribution in [2.24, 2.45) is 11.7 Å². The monoisotopic (exact) mass is 253 g/mol. The summed E-state index contributed by atoms with van der Waals surface area (Å²) in [6, 6.07) is 0. The van der Waals surface area contributed by atoms with Crippen LogP contribution in [0.3, 0.4) is 0 Å². The van der Waals surface area contributed by atoms with Gasteiger partial charge >= 0.3 is 0 Å². The maximum atomic E-state index is 11.7. The van der Waals surface area contributed by atoms with Gasteiger partial charge in [0.1, 0.15) is 0 Å². The molecule has 0 amide bonds. The molecule has 15 heavy (non-hydrogen) atoms. The van der Waals surface area contributed by atoms with Gasteiger partial charge in [0.2, 0.25) is 0 Å². The van der Waals surface area contributed by atoms with E-state index in [1.807, 2.05) is 0 Å². The molecule has 0 radical (unpaired) electrons. The van der Waals surface area contributed by atoms with E-state index in [1.165, 1.54) is 0 Å². The topological polar surface area (TPSA) is 60.2 Å². The van der Waals surface area contributed by atoms with E-state index in [0.29, 0.717) is 18.2 Å². The van der Waals surface area contributed by atoms with Crippen LogP contribution in [0.2, 0.25) is 0 Å². The Morgan fingerprint density at radius 2 is 1.87 bits per heavy atom. The maximum Gasteiger partial charge on any atom is 0.155 e. The molecule has 0 bridgehead atoms. The molecule has 92 valence electrons. The predicted octanol–water partition coefficient (Wildman–Crippen LogP) is 1.53. The third-order valence-corrected chi connectivity index (χ3v) is 6.40. The van der Waals surface area contributed by atoms with Gasteiger partial charge in [0.25, 0.3) is 0 Å². The molecule has 1 atom stereocenters. The second-order valence-corrected chi connectivity index (χ2v) is 8.86. The van der Waals surface area contributed by atoms with Crippen molar-refractivity contribution in [2.75, 3.05) is 23.8 Å². The molecule has 1 unspecified atom stereocenters. The average Bonchev–Trinajstić information content (AvgIpc) is 2.10. The molecule has 0 saturated carbocycles. The lowest BCUT2D eigenvalue weighted by Crippen LogP contribution is -2.31. The first-order valence-electron chi connectivity index (χ1n) is 5.21. The van der Waals surface area contributed by atoms with Gasteiger partial charge in [-0.15, -0.1) is 0 Å². The minimum absolute atomic E-state index is 0.262. The fourth-order valence-electron chi connectivity index (χ4n) is 0.827. The minimum atomic E-state index is -2.95. The highest BCUT2D eigenvalue weighted by molar-refractivity contribution is 8.00. The van der Waals surface area contributed by atoms with Gasteiger partial charge in [0, 0.05) is 5.75 Å². The predicted molar refractivity (Wildman–Crippen MR) is 69.1 cm³/mol. The standard InChI is InChI=1S/C10H23NO2S2/c1-9(7-11)8-14-5-6-15(12,13)10(2,3)4/h9H,5-8,11H2,1-4H3. The summed E-state index contributed by atoms with van der Waals surface area (Å²) in [5, 5.41) is 0. The molecule has 0 aromatic heterocycles. The van der Waals surface area contributed by atoms with Crippen LogP contribution in [0.25, 0.3) is 0 Å². The molecule has 5 heteroatoms. The normalized spacial score (nSPS) is 15.3. The summed E-state index contributed by atoms with van der Waals surface area (Å²) in [4.78, 5) is 0. The smallest absolute Gasteiger partial charge is 0.155 e. The molecule has 0 rings (SSSR count). The minimum Gasteiger partial charge on any atom is -0.330 e. The highest BCUT2D eigenvalue weighted by Crippen LogP contribution is 2.18. The summed E-state index contributed by atoms with van der Waals surface area (Å²) in [7, 11) is -2.95. The summed E-state index contributed by atoms with van der Waals surface area (Å²) in [6.45, 7) is 7.98. The van der Waals surface area contributed by atoms with Crippen molar-refractivity contribution in [1.29, 1.82) is 0 Å². The van der Waals surface area contributed by atoms with Crippen LogP contribution in [-0.4, -0.2) is 37.0 Å². The van der Waals surface area contributed by atoms with E-state index in [2.05, 4.69) is 6.92 Å². The van der Waals surface area contributed by atoms with Gasteiger partial charge in [0.15, 0.2) is 9.84 Å². The highest BCUT2D eigenvalue weighted by atomic mass is 32.2. The maximum absolute atomic E-state index is 11.7. The van der Waals surface area contributed by atoms with Gasteiger partial charge in [-0.05, 0) is 39.0 Å². The van der Waals surface area contributed by atoms with Gasteiger partial charge in [-0.1, -0.05) is 6.92 Å². The van der Waals surface area contributed by atoms with Gasteiger partial charge in [0.05, 0.1) is 10.5 Å². The van der Waals surface area contributed by atoms with Crippen LogP contribution in [0.4, 0.5) is 0 Å². The van der Waals surface area contributed by atoms with Crippen molar-refractivity contribution in [2.45, 2.75) is 32.4 Å². The molecule has 0 fully saturated rings. The van der Waals surface area contributed by atoms with Crippen molar-refractivity contribution in [1.82, 2.24) is 0 Å². The van der Waals surface area contributed by atoms with Gasteiger partial charge in [-0.3, -0.25) is 0 Å². The molecule has 0 aliphatic carbocycles. The first-order valence-corrected chi connectivity index (χ1v) is 8.01. The van der Waals surface area contributed by atoms with E-state index < -0.39 is 14.6 Å². The molecule has 0 aromatic rings. The molecule has 2 N–H and O–H groups in total. The molecule has 0 heterocycles. The molecular formula is C10H23NO2S2. The van der Waals surface area contributed by atoms with Crippen LogP contribution in [0, 0.1) is 5.92 Å². The number of thioether (sulfide) groups is 1. The zero-order chi connectivity index (χ0) is 12.1. The lowest BCUT2D eigenvalue weighted by atomic mass is 10.2. The Morgan fingerprint density at radius 3 is 2.27 bits per heavy atom. The average molecular weight is 253 g/mol. The molecule has 0 spiro atoms. The Hall–Kier alpha value is 0.260. The number of nitrogens with two attached hydrogens (primary N) is 1. The Kier molecular flexibility index (Phi) is 6.21. The zero-order valence-electron chi connectivity index (χ0n) is 10.1. The Morgan fingerprint density at radius 1 is 1.33 bits per heavy atom. The molecule has 3 nitrogen and oxygen atoms in total. The zero-order valence-corrected chi connectivity index (χ0v) is 11.7.